The number of hydrogen-bond acceptors (Lipinski definition) is 7. The Kier molecular flexibility index (Phi) is 5.30. The Morgan fingerprint density at radius 1 is 1.27 bits per heavy atom. The third-order valence-electron chi connectivity index (χ3n) is 4.67. The van der Waals surface area contributed by atoms with Crippen molar-refractivity contribution in [2.24, 2.45) is 5.41 Å². The smallest absolute Gasteiger partial charge is 0.350 e. The van der Waals surface area contributed by atoms with Crippen LogP contribution in [0.25, 0.3) is 0 Å². The Labute approximate surface area is 153 Å². The molecule has 7 nitrogen and oxygen atoms in total. The molecule has 1 heterocycles. The van der Waals surface area contributed by atoms with Crippen molar-refractivity contribution in [3.63, 3.8) is 0 Å². The molecule has 0 saturated carbocycles. The van der Waals surface area contributed by atoms with Gasteiger partial charge in [-0.05, 0) is 46.8 Å². The van der Waals surface area contributed by atoms with Crippen molar-refractivity contribution in [2.45, 2.75) is 46.2 Å². The van der Waals surface area contributed by atoms with E-state index in [1.165, 1.54) is 21.0 Å². The van der Waals surface area contributed by atoms with E-state index in [9.17, 15) is 14.4 Å². The normalized spacial score (nSPS) is 19.7. The summed E-state index contributed by atoms with van der Waals surface area (Å²) in [5, 5.41) is 0. The summed E-state index contributed by atoms with van der Waals surface area (Å²) in [5.41, 5.74) is -3.05. The second kappa shape index (κ2) is 6.97. The fourth-order valence-electron chi connectivity index (χ4n) is 3.49. The molecule has 1 aromatic carbocycles. The van der Waals surface area contributed by atoms with E-state index in [1.807, 2.05) is 13.8 Å². The Morgan fingerprint density at radius 2 is 1.88 bits per heavy atom. The fourth-order valence-corrected chi connectivity index (χ4v) is 3.49. The first-order valence-electron chi connectivity index (χ1n) is 8.52. The van der Waals surface area contributed by atoms with E-state index in [4.69, 9.17) is 14.2 Å². The summed E-state index contributed by atoms with van der Waals surface area (Å²) < 4.78 is 15.6. The van der Waals surface area contributed by atoms with Crippen LogP contribution in [0.15, 0.2) is 24.3 Å². The zero-order valence-electron chi connectivity index (χ0n) is 16.0. The molecule has 26 heavy (non-hydrogen) atoms. The maximum Gasteiger partial charge on any atom is 0.350 e. The Hall–Kier alpha value is -2.57. The molecule has 142 valence electrons. The predicted molar refractivity (Wildman–Crippen MR) is 94.9 cm³/mol. The summed E-state index contributed by atoms with van der Waals surface area (Å²) in [6.07, 6.45) is 0. The van der Waals surface area contributed by atoms with E-state index >= 15 is 0 Å². The molecular weight excluding hydrogens is 338 g/mol. The first-order chi connectivity index (χ1) is 12.2. The number of para-hydroxylation sites is 2. The van der Waals surface area contributed by atoms with E-state index in [0.717, 1.165) is 0 Å². The highest BCUT2D eigenvalue weighted by molar-refractivity contribution is 6.15. The molecule has 0 N–H and O–H groups in total. The van der Waals surface area contributed by atoms with Gasteiger partial charge < -0.3 is 19.1 Å². The van der Waals surface area contributed by atoms with E-state index in [0.29, 0.717) is 11.4 Å². The van der Waals surface area contributed by atoms with E-state index < -0.39 is 28.9 Å². The van der Waals surface area contributed by atoms with Crippen LogP contribution in [0.5, 0.6) is 5.75 Å². The summed E-state index contributed by atoms with van der Waals surface area (Å²) in [6, 6.07) is 6.57. The summed E-state index contributed by atoms with van der Waals surface area (Å²) in [7, 11) is 1.21. The van der Waals surface area contributed by atoms with Crippen LogP contribution in [0.1, 0.15) is 34.6 Å². The van der Waals surface area contributed by atoms with Crippen molar-refractivity contribution < 1.29 is 28.6 Å². The summed E-state index contributed by atoms with van der Waals surface area (Å²) in [4.78, 5) is 40.6. The monoisotopic (exact) mass is 363 g/mol. The SMILES string of the molecule is CCOC(=O)C1(C(C)(C)C(=O)OC)C(=O)Oc2ccccc2N1C(C)C. The number of esters is 3. The molecule has 0 bridgehead atoms. The number of hydrogen-bond donors (Lipinski definition) is 0. The van der Waals surface area contributed by atoms with Gasteiger partial charge in [0.05, 0.1) is 19.4 Å². The van der Waals surface area contributed by atoms with Crippen LogP contribution >= 0.6 is 0 Å². The van der Waals surface area contributed by atoms with Gasteiger partial charge in [-0.15, -0.1) is 0 Å². The Bertz CT molecular complexity index is 726. The lowest BCUT2D eigenvalue weighted by Crippen LogP contribution is -2.74. The van der Waals surface area contributed by atoms with Gasteiger partial charge in [0, 0.05) is 6.04 Å². The molecule has 0 saturated heterocycles. The maximum atomic E-state index is 13.2. The highest BCUT2D eigenvalue weighted by atomic mass is 16.6. The number of benzene rings is 1. The van der Waals surface area contributed by atoms with Crippen LogP contribution in [-0.4, -0.2) is 43.2 Å². The third kappa shape index (κ3) is 2.62. The molecule has 1 unspecified atom stereocenters. The molecule has 7 heteroatoms. The first kappa shape index (κ1) is 19.8. The molecule has 1 atom stereocenters. The van der Waals surface area contributed by atoms with Gasteiger partial charge in [0.2, 0.25) is 0 Å². The highest BCUT2D eigenvalue weighted by Gasteiger charge is 2.69. The molecule has 1 aliphatic heterocycles. The van der Waals surface area contributed by atoms with Crippen molar-refractivity contribution in [3.8, 4) is 5.75 Å². The molecule has 0 radical (unpaired) electrons. The molecule has 0 aliphatic carbocycles. The van der Waals surface area contributed by atoms with Crippen LogP contribution in [0.2, 0.25) is 0 Å². The molecule has 2 rings (SSSR count). The number of anilines is 1. The number of carbonyl (C=O) groups is 3. The van der Waals surface area contributed by atoms with Crippen LogP contribution in [0.4, 0.5) is 5.69 Å². The maximum absolute atomic E-state index is 13.2. The van der Waals surface area contributed by atoms with Gasteiger partial charge >= 0.3 is 17.9 Å². The molecular formula is C19H25NO6. The minimum absolute atomic E-state index is 0.0543. The standard InChI is InChI=1S/C19H25NO6/c1-7-25-16(22)19(18(4,5)15(21)24-6)17(23)26-14-11-9-8-10-13(14)20(19)12(2)3/h8-12H,7H2,1-6H3. The molecule has 0 fully saturated rings. The van der Waals surface area contributed by atoms with Gasteiger partial charge in [-0.2, -0.15) is 0 Å². The lowest BCUT2D eigenvalue weighted by molar-refractivity contribution is -0.177. The second-order valence-electron chi connectivity index (χ2n) is 6.87. The molecule has 0 spiro atoms. The first-order valence-corrected chi connectivity index (χ1v) is 8.52. The number of methoxy groups -OCH3 is 1. The molecule has 1 aliphatic rings. The van der Waals surface area contributed by atoms with E-state index in [-0.39, 0.29) is 12.6 Å². The Morgan fingerprint density at radius 3 is 2.42 bits per heavy atom. The third-order valence-corrected chi connectivity index (χ3v) is 4.67. The summed E-state index contributed by atoms with van der Waals surface area (Å²) >= 11 is 0. The lowest BCUT2D eigenvalue weighted by Gasteiger charge is -2.52. The fraction of sp³-hybridized carbons (Fsp3) is 0.526. The second-order valence-corrected chi connectivity index (χ2v) is 6.87. The minimum atomic E-state index is -2.02. The van der Waals surface area contributed by atoms with Crippen LogP contribution < -0.4 is 9.64 Å². The number of ether oxygens (including phenoxy) is 3. The minimum Gasteiger partial charge on any atom is -0.469 e. The number of fused-ring (bicyclic) bond motifs is 1. The van der Waals surface area contributed by atoms with Gasteiger partial charge in [0.25, 0.3) is 5.54 Å². The van der Waals surface area contributed by atoms with Crippen molar-refractivity contribution in [2.75, 3.05) is 18.6 Å². The van der Waals surface area contributed by atoms with Crippen LogP contribution in [0, 0.1) is 5.41 Å². The average molecular weight is 363 g/mol. The quantitative estimate of drug-likeness (QED) is 0.451. The van der Waals surface area contributed by atoms with Crippen LogP contribution in [-0.2, 0) is 23.9 Å². The predicted octanol–water partition coefficient (Wildman–Crippen LogP) is 2.32. The van der Waals surface area contributed by atoms with E-state index in [1.54, 1.807) is 36.1 Å². The van der Waals surface area contributed by atoms with Gasteiger partial charge in [-0.1, -0.05) is 12.1 Å². The zero-order chi connectivity index (χ0) is 19.7. The van der Waals surface area contributed by atoms with Gasteiger partial charge in [-0.25, -0.2) is 9.59 Å². The average Bonchev–Trinajstić information content (AvgIpc) is 2.59. The number of nitrogens with zero attached hydrogens (tertiary/aromatic N) is 1. The molecule has 0 amide bonds. The van der Waals surface area contributed by atoms with Crippen molar-refractivity contribution in [1.82, 2.24) is 0 Å². The largest absolute Gasteiger partial charge is 0.469 e. The highest BCUT2D eigenvalue weighted by Crippen LogP contribution is 2.49. The van der Waals surface area contributed by atoms with Gasteiger partial charge in [0.15, 0.2) is 5.75 Å². The molecule has 0 aromatic heterocycles. The molecule has 1 aromatic rings. The topological polar surface area (TPSA) is 82.1 Å². The van der Waals surface area contributed by atoms with Gasteiger partial charge in [0.1, 0.15) is 5.41 Å². The number of rotatable bonds is 5. The summed E-state index contributed by atoms with van der Waals surface area (Å²) in [5.74, 6) is -2.10. The van der Waals surface area contributed by atoms with Crippen molar-refractivity contribution in [1.29, 1.82) is 0 Å². The van der Waals surface area contributed by atoms with Crippen LogP contribution in [0.3, 0.4) is 0 Å². The van der Waals surface area contributed by atoms with E-state index in [2.05, 4.69) is 0 Å². The summed E-state index contributed by atoms with van der Waals surface area (Å²) in [6.45, 7) is 8.32. The van der Waals surface area contributed by atoms with Crippen molar-refractivity contribution in [3.05, 3.63) is 24.3 Å². The Balaban J connectivity index is 2.86. The van der Waals surface area contributed by atoms with Crippen molar-refractivity contribution >= 4 is 23.6 Å². The lowest BCUT2D eigenvalue weighted by atomic mass is 9.69. The zero-order valence-corrected chi connectivity index (χ0v) is 16.0. The number of carbonyl (C=O) groups excluding carboxylic acids is 3. The van der Waals surface area contributed by atoms with Gasteiger partial charge in [-0.3, -0.25) is 4.79 Å².